The second-order valence-corrected chi connectivity index (χ2v) is 4.63. The zero-order chi connectivity index (χ0) is 15.9. The maximum atomic E-state index is 13.4. The lowest BCUT2D eigenvalue weighted by molar-refractivity contribution is 0.415. The van der Waals surface area contributed by atoms with Crippen molar-refractivity contribution >= 4 is 29.2 Å². The normalized spacial score (nSPS) is 10.5. The summed E-state index contributed by atoms with van der Waals surface area (Å²) < 4.78 is 31.2. The Balaban J connectivity index is 1.93. The molecule has 22 heavy (non-hydrogen) atoms. The number of thiocarbonyl (C=S) groups is 1. The van der Waals surface area contributed by atoms with Gasteiger partial charge in [-0.25, -0.2) is 8.78 Å². The molecule has 0 aliphatic heterocycles. The van der Waals surface area contributed by atoms with Gasteiger partial charge < -0.3 is 10.1 Å². The van der Waals surface area contributed by atoms with E-state index >= 15 is 0 Å². The average molecular weight is 321 g/mol. The largest absolute Gasteiger partial charge is 0.497 e. The fourth-order valence-corrected chi connectivity index (χ4v) is 1.80. The summed E-state index contributed by atoms with van der Waals surface area (Å²) >= 11 is 5.05. The maximum absolute atomic E-state index is 13.4. The first kappa shape index (κ1) is 15.8. The minimum absolute atomic E-state index is 0.151. The van der Waals surface area contributed by atoms with Gasteiger partial charge in [0.15, 0.2) is 5.11 Å². The van der Waals surface area contributed by atoms with E-state index in [2.05, 4.69) is 15.8 Å². The van der Waals surface area contributed by atoms with Crippen LogP contribution in [-0.4, -0.2) is 18.4 Å². The number of hydrogen-bond acceptors (Lipinski definition) is 3. The van der Waals surface area contributed by atoms with Crippen LogP contribution in [0.5, 0.6) is 5.75 Å². The minimum atomic E-state index is -0.697. The summed E-state index contributed by atoms with van der Waals surface area (Å²) in [7, 11) is 1.57. The summed E-state index contributed by atoms with van der Waals surface area (Å²) in [6, 6.07) is 10.4. The zero-order valence-corrected chi connectivity index (χ0v) is 12.5. The summed E-state index contributed by atoms with van der Waals surface area (Å²) in [5, 5.41) is 6.93. The molecule has 114 valence electrons. The highest BCUT2D eigenvalue weighted by Crippen LogP contribution is 2.16. The van der Waals surface area contributed by atoms with Crippen LogP contribution in [0.3, 0.4) is 0 Å². The monoisotopic (exact) mass is 321 g/mol. The van der Waals surface area contributed by atoms with Crippen LogP contribution < -0.4 is 15.5 Å². The average Bonchev–Trinajstić information content (AvgIpc) is 2.49. The van der Waals surface area contributed by atoms with E-state index in [9.17, 15) is 8.78 Å². The molecule has 0 amide bonds. The standard InChI is InChI=1S/C15H13F2N3OS/c1-21-13-4-2-3-12(8-13)19-15(22)20-18-9-10-5-6-11(16)7-14(10)17/h2-9H,1H3,(H2,19,20,22)/b18-9-. The molecule has 2 aromatic carbocycles. The molecule has 0 saturated carbocycles. The van der Waals surface area contributed by atoms with Crippen LogP contribution >= 0.6 is 12.2 Å². The van der Waals surface area contributed by atoms with Crippen molar-refractivity contribution in [2.24, 2.45) is 5.10 Å². The molecule has 0 saturated heterocycles. The van der Waals surface area contributed by atoms with E-state index in [1.165, 1.54) is 12.3 Å². The van der Waals surface area contributed by atoms with Crippen LogP contribution in [0.25, 0.3) is 0 Å². The Bertz CT molecular complexity index is 707. The van der Waals surface area contributed by atoms with Gasteiger partial charge in [0.1, 0.15) is 17.4 Å². The number of hydrazone groups is 1. The highest BCUT2D eigenvalue weighted by molar-refractivity contribution is 7.80. The molecule has 2 rings (SSSR count). The van der Waals surface area contributed by atoms with Crippen LogP contribution in [0.1, 0.15) is 5.56 Å². The molecule has 2 aromatic rings. The van der Waals surface area contributed by atoms with E-state index in [0.717, 1.165) is 17.8 Å². The van der Waals surface area contributed by atoms with E-state index in [4.69, 9.17) is 17.0 Å². The predicted octanol–water partition coefficient (Wildman–Crippen LogP) is 3.29. The summed E-state index contributed by atoms with van der Waals surface area (Å²) in [4.78, 5) is 0. The first-order chi connectivity index (χ1) is 10.6. The van der Waals surface area contributed by atoms with Crippen molar-refractivity contribution in [2.45, 2.75) is 0 Å². The van der Waals surface area contributed by atoms with Crippen molar-refractivity contribution in [3.63, 3.8) is 0 Å². The first-order valence-electron chi connectivity index (χ1n) is 6.27. The van der Waals surface area contributed by atoms with E-state index in [-0.39, 0.29) is 10.7 Å². The molecule has 0 aliphatic carbocycles. The molecule has 0 heterocycles. The molecule has 0 aromatic heterocycles. The number of hydrogen-bond donors (Lipinski definition) is 2. The minimum Gasteiger partial charge on any atom is -0.497 e. The molecular formula is C15H13F2N3OS. The van der Waals surface area contributed by atoms with E-state index in [0.29, 0.717) is 5.75 Å². The molecule has 0 atom stereocenters. The van der Waals surface area contributed by atoms with Gasteiger partial charge in [-0.3, -0.25) is 5.43 Å². The topological polar surface area (TPSA) is 45.6 Å². The molecule has 0 aliphatic rings. The molecule has 0 spiro atoms. The lowest BCUT2D eigenvalue weighted by atomic mass is 10.2. The van der Waals surface area contributed by atoms with Crippen LogP contribution in [-0.2, 0) is 0 Å². The first-order valence-corrected chi connectivity index (χ1v) is 6.68. The van der Waals surface area contributed by atoms with Gasteiger partial charge in [0.05, 0.1) is 13.3 Å². The van der Waals surface area contributed by atoms with E-state index < -0.39 is 11.6 Å². The van der Waals surface area contributed by atoms with Gasteiger partial charge in [0.2, 0.25) is 0 Å². The molecule has 4 nitrogen and oxygen atoms in total. The Morgan fingerprint density at radius 1 is 1.23 bits per heavy atom. The zero-order valence-electron chi connectivity index (χ0n) is 11.6. The van der Waals surface area contributed by atoms with Crippen molar-refractivity contribution < 1.29 is 13.5 Å². The lowest BCUT2D eigenvalue weighted by Crippen LogP contribution is -2.23. The van der Waals surface area contributed by atoms with Crippen molar-refractivity contribution in [1.82, 2.24) is 5.43 Å². The predicted molar refractivity (Wildman–Crippen MR) is 86.3 cm³/mol. The number of anilines is 1. The number of nitrogens with one attached hydrogen (secondary N) is 2. The Labute approximate surface area is 131 Å². The Morgan fingerprint density at radius 2 is 2.05 bits per heavy atom. The number of methoxy groups -OCH3 is 1. The summed E-state index contributed by atoms with van der Waals surface area (Å²) in [5.41, 5.74) is 3.42. The van der Waals surface area contributed by atoms with Crippen LogP contribution in [0.4, 0.5) is 14.5 Å². The molecule has 2 N–H and O–H groups in total. The number of benzene rings is 2. The third kappa shape index (κ3) is 4.49. The number of rotatable bonds is 4. The van der Waals surface area contributed by atoms with Gasteiger partial charge in [0, 0.05) is 23.4 Å². The number of nitrogens with zero attached hydrogens (tertiary/aromatic N) is 1. The number of halogens is 2. The van der Waals surface area contributed by atoms with Crippen LogP contribution in [0.15, 0.2) is 47.6 Å². The second-order valence-electron chi connectivity index (χ2n) is 4.22. The van der Waals surface area contributed by atoms with Crippen LogP contribution in [0, 0.1) is 11.6 Å². The third-order valence-corrected chi connectivity index (χ3v) is 2.85. The Hall–Kier alpha value is -2.54. The fourth-order valence-electron chi connectivity index (χ4n) is 1.63. The van der Waals surface area contributed by atoms with Gasteiger partial charge in [-0.05, 0) is 36.5 Å². The van der Waals surface area contributed by atoms with Gasteiger partial charge in [-0.2, -0.15) is 5.10 Å². The summed E-state index contributed by atoms with van der Waals surface area (Å²) in [6.45, 7) is 0. The second kappa shape index (κ2) is 7.46. The maximum Gasteiger partial charge on any atom is 0.191 e. The molecule has 0 unspecified atom stereocenters. The van der Waals surface area contributed by atoms with Crippen molar-refractivity contribution in [3.05, 3.63) is 59.7 Å². The van der Waals surface area contributed by atoms with Crippen molar-refractivity contribution in [2.75, 3.05) is 12.4 Å². The highest BCUT2D eigenvalue weighted by atomic mass is 32.1. The SMILES string of the molecule is COc1cccc(NC(=S)N/N=C\c2ccc(F)cc2F)c1. The molecule has 0 bridgehead atoms. The van der Waals surface area contributed by atoms with E-state index in [1.807, 2.05) is 0 Å². The smallest absolute Gasteiger partial charge is 0.191 e. The van der Waals surface area contributed by atoms with Gasteiger partial charge in [0.25, 0.3) is 0 Å². The summed E-state index contributed by atoms with van der Waals surface area (Å²) in [6.07, 6.45) is 1.22. The summed E-state index contributed by atoms with van der Waals surface area (Å²) in [5.74, 6) is -0.653. The molecule has 0 radical (unpaired) electrons. The quantitative estimate of drug-likeness (QED) is 0.515. The van der Waals surface area contributed by atoms with Gasteiger partial charge in [-0.15, -0.1) is 0 Å². The van der Waals surface area contributed by atoms with Crippen LogP contribution in [0.2, 0.25) is 0 Å². The molecular weight excluding hydrogens is 308 g/mol. The van der Waals surface area contributed by atoms with Gasteiger partial charge >= 0.3 is 0 Å². The molecule has 7 heteroatoms. The lowest BCUT2D eigenvalue weighted by Gasteiger charge is -2.08. The third-order valence-electron chi connectivity index (χ3n) is 2.66. The van der Waals surface area contributed by atoms with Crippen molar-refractivity contribution in [3.8, 4) is 5.75 Å². The highest BCUT2D eigenvalue weighted by Gasteiger charge is 2.01. The van der Waals surface area contributed by atoms with E-state index in [1.54, 1.807) is 31.4 Å². The number of ether oxygens (including phenoxy) is 1. The van der Waals surface area contributed by atoms with Gasteiger partial charge in [-0.1, -0.05) is 6.07 Å². The fraction of sp³-hybridized carbons (Fsp3) is 0.0667. The Kier molecular flexibility index (Phi) is 5.37. The molecule has 0 fully saturated rings. The van der Waals surface area contributed by atoms with Crippen molar-refractivity contribution in [1.29, 1.82) is 0 Å². The Morgan fingerprint density at radius 3 is 2.77 bits per heavy atom.